The van der Waals surface area contributed by atoms with E-state index in [-0.39, 0.29) is 0 Å². The summed E-state index contributed by atoms with van der Waals surface area (Å²) in [5.74, 6) is 1.34. The van der Waals surface area contributed by atoms with Crippen LogP contribution in [0.3, 0.4) is 0 Å². The van der Waals surface area contributed by atoms with Gasteiger partial charge in [0.25, 0.3) is 0 Å². The van der Waals surface area contributed by atoms with Gasteiger partial charge in [-0.15, -0.1) is 0 Å². The van der Waals surface area contributed by atoms with E-state index in [0.717, 1.165) is 37.0 Å². The van der Waals surface area contributed by atoms with Crippen LogP contribution in [-0.2, 0) is 3.79 Å². The van der Waals surface area contributed by atoms with E-state index in [2.05, 4.69) is 16.6 Å². The lowest BCUT2D eigenvalue weighted by molar-refractivity contribution is 0.458. The van der Waals surface area contributed by atoms with E-state index in [1.807, 2.05) is 6.92 Å². The molecule has 0 aliphatic heterocycles. The van der Waals surface area contributed by atoms with Crippen LogP contribution in [0.15, 0.2) is 11.3 Å². The minimum absolute atomic E-state index is 0.510. The summed E-state index contributed by atoms with van der Waals surface area (Å²) < 4.78 is 4.98. The molecule has 1 rings (SSSR count). The number of hydrogen-bond donors (Lipinski definition) is 0. The summed E-state index contributed by atoms with van der Waals surface area (Å²) in [6.45, 7) is 1.88. The Morgan fingerprint density at radius 2 is 2.09 bits per heavy atom. The molecule has 0 saturated heterocycles. The van der Waals surface area contributed by atoms with Gasteiger partial charge in [0, 0.05) is 5.76 Å². The van der Waals surface area contributed by atoms with Gasteiger partial charge in [0.15, 0.2) is 0 Å². The SMILES string of the molecule is C/C([O][Al-])=C1\CCCCC1=[OH+]. The van der Waals surface area contributed by atoms with Crippen molar-refractivity contribution in [1.82, 2.24) is 0 Å². The smallest absolute Gasteiger partial charge is 0.322 e. The van der Waals surface area contributed by atoms with Crippen molar-refractivity contribution in [1.29, 1.82) is 0 Å². The summed E-state index contributed by atoms with van der Waals surface area (Å²) in [5.41, 5.74) is 0.992. The topological polar surface area (TPSA) is 30.6 Å². The first-order chi connectivity index (χ1) is 5.25. The highest BCUT2D eigenvalue weighted by Gasteiger charge is 2.21. The minimum Gasteiger partial charge on any atom is -0.881 e. The van der Waals surface area contributed by atoms with Gasteiger partial charge >= 0.3 is 5.78 Å². The first-order valence-electron chi connectivity index (χ1n) is 3.87. The molecule has 3 radical (unpaired) electrons. The Morgan fingerprint density at radius 3 is 2.64 bits per heavy atom. The van der Waals surface area contributed by atoms with Crippen LogP contribution >= 0.6 is 0 Å². The third-order valence-corrected chi connectivity index (χ3v) is 2.39. The summed E-state index contributed by atoms with van der Waals surface area (Å²) >= 11 is 2.20. The number of ketones is 1. The van der Waals surface area contributed by atoms with Crippen molar-refractivity contribution in [2.24, 2.45) is 0 Å². The molecule has 3 heteroatoms. The van der Waals surface area contributed by atoms with E-state index >= 15 is 0 Å². The lowest BCUT2D eigenvalue weighted by Gasteiger charge is -2.21. The van der Waals surface area contributed by atoms with Crippen molar-refractivity contribution in [2.75, 3.05) is 0 Å². The highest BCUT2D eigenvalue weighted by atomic mass is 27.1. The maximum absolute atomic E-state index is 9.44. The van der Waals surface area contributed by atoms with Gasteiger partial charge in [-0.3, -0.25) is 21.4 Å². The van der Waals surface area contributed by atoms with Crippen molar-refractivity contribution in [3.63, 3.8) is 0 Å². The van der Waals surface area contributed by atoms with Gasteiger partial charge in [-0.2, -0.15) is 0 Å². The molecule has 0 heterocycles. The van der Waals surface area contributed by atoms with Crippen molar-refractivity contribution >= 4 is 22.4 Å². The van der Waals surface area contributed by atoms with Gasteiger partial charge in [0.05, 0.1) is 12.0 Å². The van der Waals surface area contributed by atoms with E-state index in [4.69, 9.17) is 3.79 Å². The normalized spacial score (nSPS) is 23.3. The highest BCUT2D eigenvalue weighted by molar-refractivity contribution is 6.01. The van der Waals surface area contributed by atoms with Crippen LogP contribution in [0.5, 0.6) is 0 Å². The van der Waals surface area contributed by atoms with E-state index in [1.165, 1.54) is 0 Å². The van der Waals surface area contributed by atoms with Crippen LogP contribution in [-0.4, -0.2) is 27.2 Å². The average Bonchev–Trinajstić information content (AvgIpc) is 2.04. The predicted molar refractivity (Wildman–Crippen MR) is 44.9 cm³/mol. The molecule has 11 heavy (non-hydrogen) atoms. The standard InChI is InChI=1S/C8H12O2.Al/c1-6(9)7-4-2-3-5-8(7)10;/h9H,2-5H2,1H3;/b7-6-;. The Kier molecular flexibility index (Phi) is 3.17. The maximum atomic E-state index is 9.44. The van der Waals surface area contributed by atoms with Gasteiger partial charge in [0.2, 0.25) is 0 Å². The second-order valence-corrected chi connectivity index (χ2v) is 3.04. The number of carbonyl (C=O) groups excluding carboxylic acids is 1. The number of allylic oxidation sites excluding steroid dienone is 2. The van der Waals surface area contributed by atoms with Gasteiger partial charge in [-0.25, -0.2) is 0 Å². The Labute approximate surface area is 75.4 Å². The summed E-state index contributed by atoms with van der Waals surface area (Å²) in [4.78, 5) is 9.44. The molecular formula is C8H12AlO2. The zero-order valence-corrected chi connectivity index (χ0v) is 7.92. The average molecular weight is 167 g/mol. The molecule has 0 aromatic carbocycles. The van der Waals surface area contributed by atoms with Crippen LogP contribution in [0, 0.1) is 0 Å². The molecule has 0 amide bonds. The number of rotatable bonds is 1. The van der Waals surface area contributed by atoms with E-state index in [9.17, 15) is 4.79 Å². The van der Waals surface area contributed by atoms with E-state index in [1.54, 1.807) is 0 Å². The largest absolute Gasteiger partial charge is 0.881 e. The van der Waals surface area contributed by atoms with Crippen LogP contribution < -0.4 is 0 Å². The highest BCUT2D eigenvalue weighted by Crippen LogP contribution is 2.22. The Balaban J connectivity index is 2.75. The first kappa shape index (κ1) is 8.84. The molecular weight excluding hydrogens is 155 g/mol. The predicted octanol–water partition coefficient (Wildman–Crippen LogP) is 1.48. The third kappa shape index (κ3) is 2.08. The summed E-state index contributed by atoms with van der Waals surface area (Å²) in [7, 11) is 0. The molecule has 0 aromatic heterocycles. The Morgan fingerprint density at radius 1 is 1.45 bits per heavy atom. The molecule has 0 bridgehead atoms. The van der Waals surface area contributed by atoms with Crippen LogP contribution in [0.1, 0.15) is 32.6 Å². The quantitative estimate of drug-likeness (QED) is 0.252. The number of hydrogen-bond acceptors (Lipinski definition) is 1. The first-order valence-corrected chi connectivity index (χ1v) is 4.34. The van der Waals surface area contributed by atoms with Crippen molar-refractivity contribution in [3.05, 3.63) is 11.3 Å². The summed E-state index contributed by atoms with van der Waals surface area (Å²) in [6, 6.07) is 0. The van der Waals surface area contributed by atoms with Gasteiger partial charge < -0.3 is 3.79 Å². The molecule has 0 atom stereocenters. The van der Waals surface area contributed by atoms with Crippen molar-refractivity contribution in [3.8, 4) is 0 Å². The third-order valence-electron chi connectivity index (χ3n) is 2.04. The minimum atomic E-state index is 0.510. The lowest BCUT2D eigenvalue weighted by Crippen LogP contribution is -2.11. The van der Waals surface area contributed by atoms with Gasteiger partial charge in [-0.1, -0.05) is 0 Å². The zero-order chi connectivity index (χ0) is 8.27. The maximum Gasteiger partial charge on any atom is 0.322 e. The molecule has 1 aliphatic rings. The molecule has 1 saturated carbocycles. The van der Waals surface area contributed by atoms with Crippen LogP contribution in [0.2, 0.25) is 0 Å². The molecule has 1 N–H and O–H groups in total. The fourth-order valence-electron chi connectivity index (χ4n) is 1.34. The molecule has 59 valence electrons. The second kappa shape index (κ2) is 3.94. The van der Waals surface area contributed by atoms with Crippen molar-refractivity contribution < 1.29 is 8.58 Å². The van der Waals surface area contributed by atoms with Crippen molar-refractivity contribution in [2.45, 2.75) is 32.6 Å². The monoisotopic (exact) mass is 167 g/mol. The molecule has 1 aliphatic carbocycles. The zero-order valence-electron chi connectivity index (χ0n) is 6.76. The molecule has 0 unspecified atom stereocenters. The second-order valence-electron chi connectivity index (χ2n) is 2.81. The van der Waals surface area contributed by atoms with Gasteiger partial charge in [0.1, 0.15) is 0 Å². The van der Waals surface area contributed by atoms with E-state index in [0.29, 0.717) is 5.78 Å². The fourth-order valence-corrected chi connectivity index (χ4v) is 1.48. The lowest BCUT2D eigenvalue weighted by atomic mass is 9.93. The summed E-state index contributed by atoms with van der Waals surface area (Å²) in [6.07, 6.45) is 4.01. The molecule has 2 nitrogen and oxygen atoms in total. The van der Waals surface area contributed by atoms with Crippen LogP contribution in [0.4, 0.5) is 0 Å². The van der Waals surface area contributed by atoms with Gasteiger partial charge in [-0.05, 0) is 26.2 Å². The summed E-state index contributed by atoms with van der Waals surface area (Å²) in [5, 5.41) is 0. The molecule has 0 aromatic rings. The molecule has 0 spiro atoms. The Bertz CT molecular complexity index is 196. The molecule has 1 fully saturated rings. The Hall–Kier alpha value is -0.258. The van der Waals surface area contributed by atoms with Crippen LogP contribution in [0.25, 0.3) is 0 Å². The fraction of sp³-hybridized carbons (Fsp3) is 0.625. The van der Waals surface area contributed by atoms with E-state index < -0.39 is 0 Å².